The van der Waals surface area contributed by atoms with Gasteiger partial charge in [0.2, 0.25) is 5.91 Å². The minimum absolute atomic E-state index is 0.0695. The Kier molecular flexibility index (Phi) is 6.06. The van der Waals surface area contributed by atoms with Crippen LogP contribution in [0, 0.1) is 0 Å². The van der Waals surface area contributed by atoms with E-state index in [9.17, 15) is 4.79 Å². The monoisotopic (exact) mass is 389 g/mol. The van der Waals surface area contributed by atoms with Gasteiger partial charge in [-0.1, -0.05) is 36.4 Å². The van der Waals surface area contributed by atoms with Crippen LogP contribution in [-0.4, -0.2) is 46.7 Å². The molecule has 0 saturated carbocycles. The van der Waals surface area contributed by atoms with Crippen molar-refractivity contribution < 1.29 is 9.53 Å². The van der Waals surface area contributed by atoms with Crippen LogP contribution in [0.4, 0.5) is 0 Å². The summed E-state index contributed by atoms with van der Waals surface area (Å²) in [6, 6.07) is 16.4. The average Bonchev–Trinajstić information content (AvgIpc) is 3.15. The fourth-order valence-electron chi connectivity index (χ4n) is 4.09. The molecular formula is C24H27N3O2. The van der Waals surface area contributed by atoms with Crippen molar-refractivity contribution in [2.75, 3.05) is 20.3 Å². The molecule has 1 amide bonds. The Hall–Kier alpha value is -2.92. The first-order valence-corrected chi connectivity index (χ1v) is 10.3. The highest BCUT2D eigenvalue weighted by atomic mass is 16.5. The van der Waals surface area contributed by atoms with Crippen LogP contribution < -0.4 is 0 Å². The van der Waals surface area contributed by atoms with E-state index in [1.165, 1.54) is 6.42 Å². The van der Waals surface area contributed by atoms with Gasteiger partial charge >= 0.3 is 0 Å². The van der Waals surface area contributed by atoms with E-state index < -0.39 is 0 Å². The Morgan fingerprint density at radius 1 is 1.17 bits per heavy atom. The summed E-state index contributed by atoms with van der Waals surface area (Å²) in [5, 5.41) is 4.75. The van der Waals surface area contributed by atoms with Crippen LogP contribution in [0.15, 0.2) is 60.8 Å². The van der Waals surface area contributed by atoms with E-state index in [4.69, 9.17) is 9.84 Å². The van der Waals surface area contributed by atoms with Gasteiger partial charge in [0.05, 0.1) is 5.52 Å². The topological polar surface area (TPSA) is 46.8 Å². The fraction of sp³-hybridized carbons (Fsp3) is 0.333. The molecule has 1 saturated heterocycles. The van der Waals surface area contributed by atoms with E-state index in [1.54, 1.807) is 13.2 Å². The van der Waals surface area contributed by atoms with Gasteiger partial charge < -0.3 is 9.64 Å². The number of nitrogens with zero attached hydrogens (tertiary/aromatic N) is 3. The van der Waals surface area contributed by atoms with Gasteiger partial charge in [-0.15, -0.1) is 0 Å². The van der Waals surface area contributed by atoms with Crippen molar-refractivity contribution in [2.45, 2.75) is 31.7 Å². The number of pyridine rings is 1. The zero-order valence-electron chi connectivity index (χ0n) is 16.8. The molecule has 1 aliphatic heterocycles. The van der Waals surface area contributed by atoms with Crippen LogP contribution in [-0.2, 0) is 9.53 Å². The van der Waals surface area contributed by atoms with Crippen molar-refractivity contribution in [2.24, 2.45) is 0 Å². The lowest BCUT2D eigenvalue weighted by Crippen LogP contribution is -2.43. The number of piperidine rings is 1. The van der Waals surface area contributed by atoms with Gasteiger partial charge in [0.15, 0.2) is 0 Å². The molecule has 5 heteroatoms. The van der Waals surface area contributed by atoms with Crippen molar-refractivity contribution in [3.8, 4) is 11.3 Å². The Bertz CT molecular complexity index is 994. The molecule has 0 N–H and O–H groups in total. The van der Waals surface area contributed by atoms with Crippen LogP contribution in [0.2, 0.25) is 0 Å². The third kappa shape index (κ3) is 4.25. The van der Waals surface area contributed by atoms with Crippen LogP contribution in [0.25, 0.3) is 22.9 Å². The number of likely N-dealkylation sites (tertiary alicyclic amines) is 1. The second-order valence-electron chi connectivity index (χ2n) is 7.45. The molecule has 0 radical (unpaired) electrons. The maximum Gasteiger partial charge on any atom is 0.246 e. The van der Waals surface area contributed by atoms with Crippen molar-refractivity contribution in [1.82, 2.24) is 14.5 Å². The molecule has 3 heterocycles. The third-order valence-corrected chi connectivity index (χ3v) is 5.58. The predicted molar refractivity (Wildman–Crippen MR) is 116 cm³/mol. The molecular weight excluding hydrogens is 362 g/mol. The van der Waals surface area contributed by atoms with Crippen molar-refractivity contribution in [3.05, 3.63) is 66.4 Å². The number of hydrogen-bond acceptors (Lipinski definition) is 3. The number of rotatable bonds is 6. The van der Waals surface area contributed by atoms with Crippen molar-refractivity contribution in [3.63, 3.8) is 0 Å². The maximum absolute atomic E-state index is 13.0. The summed E-state index contributed by atoms with van der Waals surface area (Å²) in [6.45, 7) is 1.50. The minimum atomic E-state index is 0.0695. The van der Waals surface area contributed by atoms with Crippen molar-refractivity contribution in [1.29, 1.82) is 0 Å². The number of benzene rings is 1. The molecule has 1 unspecified atom stereocenters. The van der Waals surface area contributed by atoms with Gasteiger partial charge in [-0.3, -0.25) is 4.79 Å². The van der Waals surface area contributed by atoms with E-state index in [2.05, 4.69) is 0 Å². The maximum atomic E-state index is 13.0. The summed E-state index contributed by atoms with van der Waals surface area (Å²) in [5.41, 5.74) is 3.88. The number of carbonyl (C=O) groups is 1. The van der Waals surface area contributed by atoms with E-state index >= 15 is 0 Å². The quantitative estimate of drug-likeness (QED) is 0.586. The van der Waals surface area contributed by atoms with Gasteiger partial charge in [0.1, 0.15) is 5.69 Å². The Balaban J connectivity index is 1.64. The highest BCUT2D eigenvalue weighted by molar-refractivity contribution is 5.95. The number of ether oxygens (including phenoxy) is 1. The predicted octanol–water partition coefficient (Wildman–Crippen LogP) is 4.43. The third-order valence-electron chi connectivity index (χ3n) is 5.58. The lowest BCUT2D eigenvalue weighted by Gasteiger charge is -2.35. The second kappa shape index (κ2) is 9.05. The summed E-state index contributed by atoms with van der Waals surface area (Å²) in [4.78, 5) is 15.0. The number of hydrogen-bond donors (Lipinski definition) is 0. The summed E-state index contributed by atoms with van der Waals surface area (Å²) in [7, 11) is 1.71. The molecule has 1 aromatic carbocycles. The molecule has 5 nitrogen and oxygen atoms in total. The molecule has 0 aliphatic carbocycles. The molecule has 3 aromatic rings. The number of fused-ring (bicyclic) bond motifs is 1. The van der Waals surface area contributed by atoms with Gasteiger partial charge in [-0.2, -0.15) is 5.10 Å². The molecule has 1 fully saturated rings. The summed E-state index contributed by atoms with van der Waals surface area (Å²) >= 11 is 0. The second-order valence-corrected chi connectivity index (χ2v) is 7.45. The number of carbonyl (C=O) groups excluding carboxylic acids is 1. The normalized spacial score (nSPS) is 17.3. The first kappa shape index (κ1) is 19.4. The summed E-state index contributed by atoms with van der Waals surface area (Å²) in [5.74, 6) is 0.0695. The standard InChI is InChI=1S/C24H27N3O2/c1-29-18-15-20-11-5-7-16-26(20)23(28)14-13-21-22-12-6-8-17-27(22)25-24(21)19-9-3-2-4-10-19/h2-4,6,8-10,12-14,17,20H,5,7,11,15-16,18H2,1H3/b14-13+. The van der Waals surface area contributed by atoms with Crippen LogP contribution in [0.5, 0.6) is 0 Å². The lowest BCUT2D eigenvalue weighted by molar-refractivity contribution is -0.129. The largest absolute Gasteiger partial charge is 0.385 e. The van der Waals surface area contributed by atoms with Gasteiger partial charge in [0, 0.05) is 49.7 Å². The zero-order valence-corrected chi connectivity index (χ0v) is 16.8. The molecule has 1 aliphatic rings. The van der Waals surface area contributed by atoms with Gasteiger partial charge in [0.25, 0.3) is 0 Å². The molecule has 1 atom stereocenters. The summed E-state index contributed by atoms with van der Waals surface area (Å²) < 4.78 is 7.11. The van der Waals surface area contributed by atoms with E-state index in [1.807, 2.05) is 70.2 Å². The Morgan fingerprint density at radius 2 is 2.00 bits per heavy atom. The SMILES string of the molecule is COCCC1CCCCN1C(=O)/C=C/c1c(-c2ccccc2)nn2ccccc12. The van der Waals surface area contributed by atoms with E-state index in [0.717, 1.165) is 48.1 Å². The number of aromatic nitrogens is 2. The molecule has 2 aromatic heterocycles. The Morgan fingerprint density at radius 3 is 2.83 bits per heavy atom. The smallest absolute Gasteiger partial charge is 0.246 e. The highest BCUT2D eigenvalue weighted by Gasteiger charge is 2.25. The minimum Gasteiger partial charge on any atom is -0.385 e. The van der Waals surface area contributed by atoms with E-state index in [-0.39, 0.29) is 11.9 Å². The molecule has 150 valence electrons. The zero-order chi connectivity index (χ0) is 20.1. The van der Waals surface area contributed by atoms with Crippen LogP contribution in [0.1, 0.15) is 31.2 Å². The first-order valence-electron chi connectivity index (χ1n) is 10.3. The molecule has 0 spiro atoms. The fourth-order valence-corrected chi connectivity index (χ4v) is 4.09. The Labute approximate surface area is 171 Å². The van der Waals surface area contributed by atoms with Crippen LogP contribution in [0.3, 0.4) is 0 Å². The number of amides is 1. The molecule has 4 rings (SSSR count). The van der Waals surface area contributed by atoms with Crippen LogP contribution >= 0.6 is 0 Å². The van der Waals surface area contributed by atoms with Crippen molar-refractivity contribution >= 4 is 17.5 Å². The molecule has 29 heavy (non-hydrogen) atoms. The average molecular weight is 389 g/mol. The van der Waals surface area contributed by atoms with Gasteiger partial charge in [-0.05, 0) is 43.9 Å². The first-order chi connectivity index (χ1) is 14.3. The molecule has 0 bridgehead atoms. The van der Waals surface area contributed by atoms with E-state index in [0.29, 0.717) is 6.61 Å². The lowest BCUT2D eigenvalue weighted by atomic mass is 9.99. The van der Waals surface area contributed by atoms with Gasteiger partial charge in [-0.25, -0.2) is 4.52 Å². The summed E-state index contributed by atoms with van der Waals surface area (Å²) in [6.07, 6.45) is 9.75. The highest BCUT2D eigenvalue weighted by Crippen LogP contribution is 2.28. The number of methoxy groups -OCH3 is 1.